The Bertz CT molecular complexity index is 1510. The number of alkyl halides is 2. The molecule has 188 valence electrons. The molecule has 0 aliphatic heterocycles. The number of rotatable bonds is 8. The molecular weight excluding hydrogens is 497 g/mol. The van der Waals surface area contributed by atoms with Crippen LogP contribution in [0.15, 0.2) is 48.8 Å². The number of nitrogen functional groups attached to an aromatic ring is 1. The number of anilines is 1. The summed E-state index contributed by atoms with van der Waals surface area (Å²) in [5.41, 5.74) is 6.97. The van der Waals surface area contributed by atoms with Crippen LogP contribution in [0, 0.1) is 12.7 Å². The summed E-state index contributed by atoms with van der Waals surface area (Å²) in [6, 6.07) is 8.13. The standard InChI is InChI=1S/C23H21F3N6O3S/c1-13-9-15(10-17(29-13)21(25)26)19-20(14-3-5-16(24)6-4-14)30-23(27)31-22(19)35-11-18-28-7-8-32(18)12-36(2,33)34/h3-10,21H,11-12H2,1-2H3,(H2,27,30,31). The van der Waals surface area contributed by atoms with Crippen LogP contribution in [0.4, 0.5) is 19.1 Å². The molecule has 2 N–H and O–H groups in total. The maximum atomic E-state index is 13.6. The molecule has 3 heterocycles. The Balaban J connectivity index is 1.85. The maximum absolute atomic E-state index is 13.6. The van der Waals surface area contributed by atoms with Crippen LogP contribution in [0.1, 0.15) is 23.6 Å². The van der Waals surface area contributed by atoms with Crippen molar-refractivity contribution in [1.29, 1.82) is 0 Å². The summed E-state index contributed by atoms with van der Waals surface area (Å²) in [6.45, 7) is 1.36. The predicted molar refractivity (Wildman–Crippen MR) is 126 cm³/mol. The zero-order chi connectivity index (χ0) is 26.0. The Hall–Kier alpha value is -4.00. The normalized spacial score (nSPS) is 11.7. The van der Waals surface area contributed by atoms with Crippen LogP contribution >= 0.6 is 0 Å². The Kier molecular flexibility index (Phi) is 6.93. The summed E-state index contributed by atoms with van der Waals surface area (Å²) < 4.78 is 71.4. The molecular formula is C23H21F3N6O3S. The molecule has 0 fully saturated rings. The lowest BCUT2D eigenvalue weighted by atomic mass is 9.99. The van der Waals surface area contributed by atoms with Gasteiger partial charge in [-0.15, -0.1) is 0 Å². The Morgan fingerprint density at radius 2 is 1.81 bits per heavy atom. The van der Waals surface area contributed by atoms with Crippen molar-refractivity contribution in [2.75, 3.05) is 12.0 Å². The Labute approximate surface area is 204 Å². The molecule has 1 aromatic carbocycles. The van der Waals surface area contributed by atoms with E-state index < -0.39 is 27.8 Å². The van der Waals surface area contributed by atoms with Crippen LogP contribution in [0.25, 0.3) is 22.4 Å². The number of sulfone groups is 1. The van der Waals surface area contributed by atoms with Crippen LogP contribution in [-0.4, -0.2) is 39.2 Å². The third-order valence-electron chi connectivity index (χ3n) is 5.01. The van der Waals surface area contributed by atoms with Gasteiger partial charge in [-0.25, -0.2) is 31.6 Å². The first-order valence-electron chi connectivity index (χ1n) is 10.5. The third kappa shape index (κ3) is 5.79. The van der Waals surface area contributed by atoms with Gasteiger partial charge in [-0.1, -0.05) is 0 Å². The SMILES string of the molecule is Cc1cc(-c2c(OCc3nccn3CS(C)(=O)=O)nc(N)nc2-c2ccc(F)cc2)cc(C(F)F)n1. The number of hydrogen-bond acceptors (Lipinski definition) is 8. The van der Waals surface area contributed by atoms with Crippen LogP contribution in [0.3, 0.4) is 0 Å². The van der Waals surface area contributed by atoms with E-state index in [1.807, 2.05) is 0 Å². The second-order valence-corrected chi connectivity index (χ2v) is 10.1. The van der Waals surface area contributed by atoms with E-state index in [1.54, 1.807) is 13.0 Å². The summed E-state index contributed by atoms with van der Waals surface area (Å²) in [4.78, 5) is 16.5. The first kappa shape index (κ1) is 25.1. The molecule has 0 unspecified atom stereocenters. The quantitative estimate of drug-likeness (QED) is 0.372. The summed E-state index contributed by atoms with van der Waals surface area (Å²) >= 11 is 0. The average molecular weight is 519 g/mol. The van der Waals surface area contributed by atoms with Crippen LogP contribution in [0.5, 0.6) is 5.88 Å². The van der Waals surface area contributed by atoms with Gasteiger partial charge in [0.1, 0.15) is 29.8 Å². The van der Waals surface area contributed by atoms with Gasteiger partial charge in [0.05, 0.1) is 11.3 Å². The molecule has 9 nitrogen and oxygen atoms in total. The highest BCUT2D eigenvalue weighted by Crippen LogP contribution is 2.39. The van der Waals surface area contributed by atoms with Crippen molar-refractivity contribution in [3.63, 3.8) is 0 Å². The predicted octanol–water partition coefficient (Wildman–Crippen LogP) is 3.95. The van der Waals surface area contributed by atoms with Crippen molar-refractivity contribution in [2.24, 2.45) is 0 Å². The lowest BCUT2D eigenvalue weighted by Crippen LogP contribution is -2.14. The smallest absolute Gasteiger partial charge is 0.280 e. The fourth-order valence-electron chi connectivity index (χ4n) is 3.57. The highest BCUT2D eigenvalue weighted by Gasteiger charge is 2.22. The number of imidazole rings is 1. The first-order chi connectivity index (χ1) is 17.0. The Morgan fingerprint density at radius 3 is 2.47 bits per heavy atom. The number of nitrogens with zero attached hydrogens (tertiary/aromatic N) is 5. The van der Waals surface area contributed by atoms with E-state index in [0.717, 1.165) is 6.26 Å². The molecule has 0 aliphatic rings. The Morgan fingerprint density at radius 1 is 1.08 bits per heavy atom. The molecule has 13 heteroatoms. The lowest BCUT2D eigenvalue weighted by Gasteiger charge is -2.17. The van der Waals surface area contributed by atoms with E-state index in [-0.39, 0.29) is 47.0 Å². The van der Waals surface area contributed by atoms with Crippen LogP contribution < -0.4 is 10.5 Å². The highest BCUT2D eigenvalue weighted by molar-refractivity contribution is 7.89. The van der Waals surface area contributed by atoms with Gasteiger partial charge in [0.2, 0.25) is 11.8 Å². The number of nitrogens with two attached hydrogens (primary N) is 1. The number of halogens is 3. The van der Waals surface area contributed by atoms with Gasteiger partial charge < -0.3 is 15.0 Å². The van der Waals surface area contributed by atoms with Gasteiger partial charge in [0.15, 0.2) is 9.84 Å². The summed E-state index contributed by atoms with van der Waals surface area (Å²) in [6.07, 6.45) is 1.16. The van der Waals surface area contributed by atoms with Gasteiger partial charge in [-0.3, -0.25) is 4.98 Å². The van der Waals surface area contributed by atoms with Gasteiger partial charge in [-0.2, -0.15) is 4.98 Å². The average Bonchev–Trinajstić information content (AvgIpc) is 3.22. The number of ether oxygens (including phenoxy) is 1. The van der Waals surface area contributed by atoms with Crippen LogP contribution in [0.2, 0.25) is 0 Å². The highest BCUT2D eigenvalue weighted by atomic mass is 32.2. The fourth-order valence-corrected chi connectivity index (χ4v) is 4.31. The van der Waals surface area contributed by atoms with Gasteiger partial charge >= 0.3 is 0 Å². The van der Waals surface area contributed by atoms with E-state index in [2.05, 4.69) is 19.9 Å². The molecule has 0 aliphatic carbocycles. The van der Waals surface area contributed by atoms with Crippen molar-refractivity contribution in [3.8, 4) is 28.3 Å². The molecule has 0 spiro atoms. The minimum atomic E-state index is -3.36. The number of pyridine rings is 1. The van der Waals surface area contributed by atoms with Gasteiger partial charge in [0, 0.05) is 29.9 Å². The minimum Gasteiger partial charge on any atom is -0.469 e. The molecule has 4 aromatic rings. The van der Waals surface area contributed by atoms with Crippen molar-refractivity contribution in [2.45, 2.75) is 25.8 Å². The summed E-state index contributed by atoms with van der Waals surface area (Å²) in [5.74, 6) is -0.733. The van der Waals surface area contributed by atoms with E-state index in [0.29, 0.717) is 11.3 Å². The van der Waals surface area contributed by atoms with E-state index >= 15 is 0 Å². The largest absolute Gasteiger partial charge is 0.469 e. The first-order valence-corrected chi connectivity index (χ1v) is 12.6. The molecule has 0 atom stereocenters. The number of aromatic nitrogens is 5. The topological polar surface area (TPSA) is 126 Å². The molecule has 0 radical (unpaired) electrons. The minimum absolute atomic E-state index is 0.0541. The van der Waals surface area contributed by atoms with Crippen molar-refractivity contribution in [1.82, 2.24) is 24.5 Å². The molecule has 0 amide bonds. The van der Waals surface area contributed by atoms with E-state index in [9.17, 15) is 21.6 Å². The molecule has 0 saturated carbocycles. The molecule has 4 rings (SSSR count). The number of hydrogen-bond donors (Lipinski definition) is 1. The molecule has 0 bridgehead atoms. The number of benzene rings is 1. The summed E-state index contributed by atoms with van der Waals surface area (Å²) in [5, 5.41) is 0. The fraction of sp³-hybridized carbons (Fsp3) is 0.217. The second-order valence-electron chi connectivity index (χ2n) is 8.00. The van der Waals surface area contributed by atoms with Gasteiger partial charge in [0.25, 0.3) is 6.43 Å². The maximum Gasteiger partial charge on any atom is 0.280 e. The lowest BCUT2D eigenvalue weighted by molar-refractivity contribution is 0.146. The third-order valence-corrected chi connectivity index (χ3v) is 5.76. The van der Waals surface area contributed by atoms with Crippen molar-refractivity contribution >= 4 is 15.8 Å². The molecule has 0 saturated heterocycles. The van der Waals surface area contributed by atoms with E-state index in [4.69, 9.17) is 10.5 Å². The van der Waals surface area contributed by atoms with Crippen molar-refractivity contribution < 1.29 is 26.3 Å². The molecule has 3 aromatic heterocycles. The summed E-state index contributed by atoms with van der Waals surface area (Å²) in [7, 11) is -3.36. The number of aryl methyl sites for hydroxylation is 1. The van der Waals surface area contributed by atoms with Crippen LogP contribution in [-0.2, 0) is 22.3 Å². The zero-order valence-corrected chi connectivity index (χ0v) is 20.0. The van der Waals surface area contributed by atoms with Crippen molar-refractivity contribution in [3.05, 3.63) is 71.8 Å². The second kappa shape index (κ2) is 9.93. The molecule has 36 heavy (non-hydrogen) atoms. The monoisotopic (exact) mass is 518 g/mol. The van der Waals surface area contributed by atoms with Gasteiger partial charge in [-0.05, 0) is 48.9 Å². The zero-order valence-electron chi connectivity index (χ0n) is 19.2. The van der Waals surface area contributed by atoms with E-state index in [1.165, 1.54) is 47.3 Å².